The Morgan fingerprint density at radius 1 is 1.12 bits per heavy atom. The molecule has 0 fully saturated rings. The number of benzene rings is 2. The number of rotatable bonds is 0. The summed E-state index contributed by atoms with van der Waals surface area (Å²) in [5.41, 5.74) is 2.67. The lowest BCUT2D eigenvalue weighted by Gasteiger charge is -2.37. The van der Waals surface area contributed by atoms with E-state index in [0.29, 0.717) is 36.0 Å². The van der Waals surface area contributed by atoms with Gasteiger partial charge in [0.2, 0.25) is 6.79 Å². The van der Waals surface area contributed by atoms with Crippen LogP contribution in [0.25, 0.3) is 0 Å². The van der Waals surface area contributed by atoms with Gasteiger partial charge in [-0.2, -0.15) is 0 Å². The smallest absolute Gasteiger partial charge is 0.231 e. The standard InChI is InChI=1S/C18H17NO5/c1-19-7-13(21)10-2-3-12(20)18-17(10)11(19)4-9-5-15-16(23-8-22-15)6-14(9)24-18/h2-3,5-6,11,13,20-21H,4,7-8H2,1H3/t11-,13-/m0/s1. The summed E-state index contributed by atoms with van der Waals surface area (Å²) in [5, 5.41) is 20.8. The molecule has 0 saturated heterocycles. The van der Waals surface area contributed by atoms with Crippen LogP contribution in [0.15, 0.2) is 24.3 Å². The topological polar surface area (TPSA) is 71.4 Å². The number of fused-ring (bicyclic) bond motifs is 2. The van der Waals surface area contributed by atoms with Crippen molar-refractivity contribution in [3.63, 3.8) is 0 Å². The Hall–Kier alpha value is -2.44. The normalized spacial score (nSPS) is 23.9. The van der Waals surface area contributed by atoms with Gasteiger partial charge in [-0.15, -0.1) is 0 Å². The van der Waals surface area contributed by atoms with Crippen LogP contribution in [0.2, 0.25) is 0 Å². The third kappa shape index (κ3) is 1.84. The Morgan fingerprint density at radius 2 is 1.92 bits per heavy atom. The highest BCUT2D eigenvalue weighted by atomic mass is 16.7. The Labute approximate surface area is 138 Å². The minimum atomic E-state index is -0.595. The number of β-amino-alcohol motifs (C(OH)–C–C–N with tert-alkyl or cyclic N) is 1. The second-order valence-corrected chi connectivity index (χ2v) is 6.51. The van der Waals surface area contributed by atoms with E-state index in [1.165, 1.54) is 0 Å². The summed E-state index contributed by atoms with van der Waals surface area (Å²) < 4.78 is 17.0. The van der Waals surface area contributed by atoms with Gasteiger partial charge in [0.05, 0.1) is 6.10 Å². The zero-order chi connectivity index (χ0) is 16.4. The third-order valence-corrected chi connectivity index (χ3v) is 5.08. The molecule has 0 bridgehead atoms. The minimum Gasteiger partial charge on any atom is -0.504 e. The van der Waals surface area contributed by atoms with Crippen LogP contribution in [0.4, 0.5) is 0 Å². The third-order valence-electron chi connectivity index (χ3n) is 5.08. The number of aliphatic hydroxyl groups excluding tert-OH is 1. The maximum absolute atomic E-state index is 10.4. The molecule has 0 spiro atoms. The van der Waals surface area contributed by atoms with E-state index in [1.807, 2.05) is 19.2 Å². The number of aromatic hydroxyl groups is 1. The highest BCUT2D eigenvalue weighted by Gasteiger charge is 2.37. The van der Waals surface area contributed by atoms with Gasteiger partial charge in [0.25, 0.3) is 0 Å². The first kappa shape index (κ1) is 13.9. The molecule has 2 aromatic rings. The molecule has 0 aliphatic carbocycles. The molecule has 5 rings (SSSR count). The number of likely N-dealkylation sites (N-methyl/N-ethyl adjacent to an activating group) is 1. The van der Waals surface area contributed by atoms with Gasteiger partial charge in [-0.05, 0) is 31.2 Å². The van der Waals surface area contributed by atoms with Gasteiger partial charge in [0.1, 0.15) is 5.75 Å². The van der Waals surface area contributed by atoms with E-state index >= 15 is 0 Å². The second-order valence-electron chi connectivity index (χ2n) is 6.51. The number of phenolic OH excluding ortho intramolecular Hbond substituents is 1. The molecule has 3 heterocycles. The summed E-state index contributed by atoms with van der Waals surface area (Å²) in [6.07, 6.45) is 0.112. The van der Waals surface area contributed by atoms with Crippen LogP contribution in [0.5, 0.6) is 28.7 Å². The molecule has 0 unspecified atom stereocenters. The molecule has 6 heteroatoms. The van der Waals surface area contributed by atoms with Crippen molar-refractivity contribution in [3.05, 3.63) is 41.0 Å². The Kier molecular flexibility index (Phi) is 2.78. The van der Waals surface area contributed by atoms with Gasteiger partial charge in [0, 0.05) is 29.8 Å². The maximum Gasteiger partial charge on any atom is 0.231 e. The minimum absolute atomic E-state index is 0.0205. The summed E-state index contributed by atoms with van der Waals surface area (Å²) in [5.74, 6) is 2.51. The van der Waals surface area contributed by atoms with Crippen LogP contribution < -0.4 is 14.2 Å². The first-order valence-corrected chi connectivity index (χ1v) is 7.96. The molecule has 0 saturated carbocycles. The number of phenols is 1. The lowest BCUT2D eigenvalue weighted by atomic mass is 9.87. The molecule has 3 aliphatic heterocycles. The summed E-state index contributed by atoms with van der Waals surface area (Å²) in [7, 11) is 1.97. The highest BCUT2D eigenvalue weighted by Crippen LogP contribution is 2.51. The predicted molar refractivity (Wildman–Crippen MR) is 84.8 cm³/mol. The van der Waals surface area contributed by atoms with Crippen molar-refractivity contribution in [2.75, 3.05) is 20.4 Å². The van der Waals surface area contributed by atoms with Gasteiger partial charge >= 0.3 is 0 Å². The van der Waals surface area contributed by atoms with E-state index in [1.54, 1.807) is 12.1 Å². The number of aliphatic hydroxyl groups is 1. The SMILES string of the molecule is CN1C[C@H](O)c2ccc(O)c3c2[C@@H]1Cc1cc2c(cc1O3)OCO2. The van der Waals surface area contributed by atoms with Gasteiger partial charge in [0.15, 0.2) is 23.0 Å². The molecule has 24 heavy (non-hydrogen) atoms. The molecule has 3 aliphatic rings. The van der Waals surface area contributed by atoms with E-state index in [0.717, 1.165) is 16.7 Å². The molecule has 2 N–H and O–H groups in total. The summed E-state index contributed by atoms with van der Waals surface area (Å²) in [6, 6.07) is 7.14. The highest BCUT2D eigenvalue weighted by molar-refractivity contribution is 5.60. The summed E-state index contributed by atoms with van der Waals surface area (Å²) in [6.45, 7) is 0.751. The molecular weight excluding hydrogens is 310 g/mol. The first-order chi connectivity index (χ1) is 11.6. The van der Waals surface area contributed by atoms with Gasteiger partial charge in [-0.3, -0.25) is 4.90 Å². The second kappa shape index (κ2) is 4.78. The number of ether oxygens (including phenoxy) is 3. The molecule has 2 atom stereocenters. The van der Waals surface area contributed by atoms with Crippen molar-refractivity contribution >= 4 is 0 Å². The average molecular weight is 327 g/mol. The van der Waals surface area contributed by atoms with E-state index in [9.17, 15) is 10.2 Å². The fourth-order valence-corrected chi connectivity index (χ4v) is 3.86. The van der Waals surface area contributed by atoms with Crippen molar-refractivity contribution < 1.29 is 24.4 Å². The van der Waals surface area contributed by atoms with Crippen LogP contribution in [0.1, 0.15) is 28.8 Å². The van der Waals surface area contributed by atoms with Gasteiger partial charge in [-0.25, -0.2) is 0 Å². The summed E-state index contributed by atoms with van der Waals surface area (Å²) >= 11 is 0. The van der Waals surface area contributed by atoms with Crippen LogP contribution in [-0.4, -0.2) is 35.5 Å². The fourth-order valence-electron chi connectivity index (χ4n) is 3.86. The van der Waals surface area contributed by atoms with E-state index < -0.39 is 6.10 Å². The molecule has 6 nitrogen and oxygen atoms in total. The summed E-state index contributed by atoms with van der Waals surface area (Å²) in [4.78, 5) is 2.10. The molecule has 124 valence electrons. The number of nitrogens with zero attached hydrogens (tertiary/aromatic N) is 1. The van der Waals surface area contributed by atoms with Crippen LogP contribution in [-0.2, 0) is 6.42 Å². The van der Waals surface area contributed by atoms with Crippen LogP contribution >= 0.6 is 0 Å². The van der Waals surface area contributed by atoms with Gasteiger partial charge < -0.3 is 24.4 Å². The van der Waals surface area contributed by atoms with Crippen molar-refractivity contribution in [1.82, 2.24) is 4.90 Å². The van der Waals surface area contributed by atoms with Crippen LogP contribution in [0, 0.1) is 0 Å². The molecule has 0 amide bonds. The molecule has 2 aromatic carbocycles. The zero-order valence-electron chi connectivity index (χ0n) is 13.2. The monoisotopic (exact) mass is 327 g/mol. The van der Waals surface area contributed by atoms with E-state index in [-0.39, 0.29) is 18.6 Å². The molecule has 0 radical (unpaired) electrons. The Balaban J connectivity index is 1.74. The van der Waals surface area contributed by atoms with E-state index in [2.05, 4.69) is 4.90 Å². The predicted octanol–water partition coefficient (Wildman–Crippen LogP) is 2.49. The molecular formula is C18H17NO5. The van der Waals surface area contributed by atoms with Crippen LogP contribution in [0.3, 0.4) is 0 Å². The van der Waals surface area contributed by atoms with Crippen molar-refractivity contribution in [1.29, 1.82) is 0 Å². The zero-order valence-corrected chi connectivity index (χ0v) is 13.2. The fraction of sp³-hybridized carbons (Fsp3) is 0.333. The largest absolute Gasteiger partial charge is 0.504 e. The van der Waals surface area contributed by atoms with Crippen molar-refractivity contribution in [2.45, 2.75) is 18.6 Å². The Bertz CT molecular complexity index is 850. The van der Waals surface area contributed by atoms with E-state index in [4.69, 9.17) is 14.2 Å². The van der Waals surface area contributed by atoms with Crippen molar-refractivity contribution in [3.8, 4) is 28.7 Å². The first-order valence-electron chi connectivity index (χ1n) is 7.96. The Morgan fingerprint density at radius 3 is 2.75 bits per heavy atom. The van der Waals surface area contributed by atoms with Crippen molar-refractivity contribution in [2.24, 2.45) is 0 Å². The lowest BCUT2D eigenvalue weighted by Crippen LogP contribution is -2.35. The lowest BCUT2D eigenvalue weighted by molar-refractivity contribution is 0.0832. The van der Waals surface area contributed by atoms with Gasteiger partial charge in [-0.1, -0.05) is 6.07 Å². The maximum atomic E-state index is 10.4. The number of hydrogen-bond donors (Lipinski definition) is 2. The average Bonchev–Trinajstić information content (AvgIpc) is 2.92. The molecule has 0 aromatic heterocycles. The quantitative estimate of drug-likeness (QED) is 0.775. The number of hydrogen-bond acceptors (Lipinski definition) is 6.